The highest BCUT2D eigenvalue weighted by Crippen LogP contribution is 2.35. The molecule has 0 atom stereocenters. The van der Waals surface area contributed by atoms with E-state index in [2.05, 4.69) is 59.6 Å². The number of aliphatic hydroxyl groups excluding tert-OH is 1. The van der Waals surface area contributed by atoms with Crippen molar-refractivity contribution in [2.75, 3.05) is 0 Å². The van der Waals surface area contributed by atoms with Gasteiger partial charge in [-0.15, -0.1) is 0 Å². The summed E-state index contributed by atoms with van der Waals surface area (Å²) in [6, 6.07) is 0. The van der Waals surface area contributed by atoms with E-state index in [9.17, 15) is 5.11 Å². The molecule has 17 heavy (non-hydrogen) atoms. The first-order chi connectivity index (χ1) is 7.99. The summed E-state index contributed by atoms with van der Waals surface area (Å²) >= 11 is 7.16. The summed E-state index contributed by atoms with van der Waals surface area (Å²) in [4.78, 5) is 0. The van der Waals surface area contributed by atoms with Crippen LogP contribution in [0.3, 0.4) is 0 Å². The van der Waals surface area contributed by atoms with Crippen molar-refractivity contribution in [3.8, 4) is 0 Å². The summed E-state index contributed by atoms with van der Waals surface area (Å²) in [5.74, 6) is 0.500. The van der Waals surface area contributed by atoms with Gasteiger partial charge in [-0.2, -0.15) is 0 Å². The number of halogens is 2. The zero-order valence-electron chi connectivity index (χ0n) is 10.9. The third-order valence-electron chi connectivity index (χ3n) is 3.46. The smallest absolute Gasteiger partial charge is 0.0687 e. The maximum Gasteiger partial charge on any atom is 0.0687 e. The van der Waals surface area contributed by atoms with Crippen molar-refractivity contribution in [2.45, 2.75) is 50.9 Å². The van der Waals surface area contributed by atoms with Crippen LogP contribution in [0.15, 0.2) is 0 Å². The van der Waals surface area contributed by atoms with Gasteiger partial charge in [0.05, 0.1) is 6.61 Å². The highest BCUT2D eigenvalue weighted by atomic mass is 79.9. The topological polar surface area (TPSA) is 20.2 Å². The van der Waals surface area contributed by atoms with Crippen LogP contribution in [0.2, 0.25) is 0 Å². The number of aliphatic hydroxyl groups is 1. The maximum atomic E-state index is 9.54. The van der Waals surface area contributed by atoms with Gasteiger partial charge in [0.25, 0.3) is 0 Å². The van der Waals surface area contributed by atoms with Crippen molar-refractivity contribution >= 4 is 31.9 Å². The minimum absolute atomic E-state index is 0.121. The van der Waals surface area contributed by atoms with Gasteiger partial charge in [0.15, 0.2) is 0 Å². The van der Waals surface area contributed by atoms with E-state index < -0.39 is 0 Å². The second kappa shape index (κ2) is 6.35. The molecular weight excluding hydrogens is 344 g/mol. The normalized spacial score (nSPS) is 11.3. The zero-order chi connectivity index (χ0) is 13.2. The van der Waals surface area contributed by atoms with Crippen LogP contribution in [-0.4, -0.2) is 5.11 Å². The lowest BCUT2D eigenvalue weighted by Crippen LogP contribution is -2.09. The largest absolute Gasteiger partial charge is 0.392 e. The fourth-order valence-electron chi connectivity index (χ4n) is 2.51. The lowest BCUT2D eigenvalue weighted by molar-refractivity contribution is 0.280. The van der Waals surface area contributed by atoms with E-state index in [-0.39, 0.29) is 6.61 Å². The Kier molecular flexibility index (Phi) is 5.68. The second-order valence-corrected chi connectivity index (χ2v) is 5.80. The molecule has 0 bridgehead atoms. The maximum absolute atomic E-state index is 9.54. The van der Waals surface area contributed by atoms with Gasteiger partial charge in [-0.25, -0.2) is 0 Å². The molecule has 0 amide bonds. The van der Waals surface area contributed by atoms with Crippen LogP contribution < -0.4 is 0 Å². The van der Waals surface area contributed by atoms with Crippen LogP contribution in [-0.2, 0) is 17.3 Å². The van der Waals surface area contributed by atoms with Gasteiger partial charge in [0, 0.05) is 10.7 Å². The summed E-state index contributed by atoms with van der Waals surface area (Å²) in [5.41, 5.74) is 7.64. The van der Waals surface area contributed by atoms with Crippen molar-refractivity contribution in [3.63, 3.8) is 0 Å². The molecule has 1 N–H and O–H groups in total. The van der Waals surface area contributed by atoms with Crippen molar-refractivity contribution < 1.29 is 5.11 Å². The molecule has 0 aliphatic heterocycles. The highest BCUT2D eigenvalue weighted by molar-refractivity contribution is 9.08. The summed E-state index contributed by atoms with van der Waals surface area (Å²) in [6.07, 6.45) is 0. The zero-order valence-corrected chi connectivity index (χ0v) is 14.1. The SMILES string of the molecule is Cc1c(CO)c(C)c(CBr)c(C(C)C)c1CBr. The minimum atomic E-state index is 0.121. The number of rotatable bonds is 4. The number of benzene rings is 1. The van der Waals surface area contributed by atoms with Gasteiger partial charge in [-0.3, -0.25) is 0 Å². The van der Waals surface area contributed by atoms with Crippen molar-refractivity contribution in [2.24, 2.45) is 0 Å². The van der Waals surface area contributed by atoms with E-state index in [1.807, 2.05) is 0 Å². The molecule has 1 aromatic rings. The third-order valence-corrected chi connectivity index (χ3v) is 4.59. The average molecular weight is 364 g/mol. The van der Waals surface area contributed by atoms with E-state index in [4.69, 9.17) is 0 Å². The Morgan fingerprint density at radius 3 is 1.59 bits per heavy atom. The lowest BCUT2D eigenvalue weighted by atomic mass is 9.84. The molecule has 0 aliphatic carbocycles. The first-order valence-corrected chi connectivity index (χ1v) is 8.10. The molecule has 0 aromatic heterocycles. The van der Waals surface area contributed by atoms with Crippen LogP contribution in [0.25, 0.3) is 0 Å². The third kappa shape index (κ3) is 2.77. The Hall–Kier alpha value is 0.140. The van der Waals surface area contributed by atoms with Gasteiger partial charge < -0.3 is 5.11 Å². The molecule has 1 nitrogen and oxygen atoms in total. The van der Waals surface area contributed by atoms with E-state index in [1.54, 1.807) is 0 Å². The first kappa shape index (κ1) is 15.2. The minimum Gasteiger partial charge on any atom is -0.392 e. The molecular formula is C14H20Br2O. The molecule has 0 saturated carbocycles. The van der Waals surface area contributed by atoms with Crippen LogP contribution in [0, 0.1) is 13.8 Å². The molecule has 0 fully saturated rings. The Labute approximate surface area is 121 Å². The monoisotopic (exact) mass is 362 g/mol. The first-order valence-electron chi connectivity index (χ1n) is 5.85. The van der Waals surface area contributed by atoms with Crippen molar-refractivity contribution in [1.82, 2.24) is 0 Å². The fraction of sp³-hybridized carbons (Fsp3) is 0.571. The summed E-state index contributed by atoms with van der Waals surface area (Å²) in [6.45, 7) is 8.80. The van der Waals surface area contributed by atoms with Crippen LogP contribution in [0.1, 0.15) is 53.1 Å². The molecule has 0 spiro atoms. The van der Waals surface area contributed by atoms with Crippen LogP contribution in [0.4, 0.5) is 0 Å². The predicted molar refractivity (Wildman–Crippen MR) is 81.2 cm³/mol. The van der Waals surface area contributed by atoms with E-state index in [1.165, 1.54) is 27.8 Å². The predicted octanol–water partition coefficient (Wildman–Crippen LogP) is 4.71. The van der Waals surface area contributed by atoms with Crippen molar-refractivity contribution in [1.29, 1.82) is 0 Å². The van der Waals surface area contributed by atoms with E-state index in [0.717, 1.165) is 16.2 Å². The molecule has 1 aromatic carbocycles. The van der Waals surface area contributed by atoms with Gasteiger partial charge in [0.2, 0.25) is 0 Å². The Balaban J connectivity index is 3.68. The molecule has 0 aliphatic rings. The fourth-order valence-corrected chi connectivity index (χ4v) is 3.96. The second-order valence-electron chi connectivity index (χ2n) is 4.68. The summed E-state index contributed by atoms with van der Waals surface area (Å²) in [5, 5.41) is 11.2. The Bertz CT molecular complexity index is 380. The number of hydrogen-bond acceptors (Lipinski definition) is 1. The van der Waals surface area contributed by atoms with Gasteiger partial charge in [-0.05, 0) is 53.1 Å². The standard InChI is InChI=1S/C14H20Br2O/c1-8(2)14-11(5-15)9(3)13(7-17)10(4)12(14)6-16/h8,17H,5-7H2,1-4H3. The van der Waals surface area contributed by atoms with Gasteiger partial charge >= 0.3 is 0 Å². The summed E-state index contributed by atoms with van der Waals surface area (Å²) in [7, 11) is 0. The molecule has 0 unspecified atom stereocenters. The summed E-state index contributed by atoms with van der Waals surface area (Å²) < 4.78 is 0. The molecule has 3 heteroatoms. The van der Waals surface area contributed by atoms with Crippen molar-refractivity contribution in [3.05, 3.63) is 33.4 Å². The van der Waals surface area contributed by atoms with E-state index in [0.29, 0.717) is 5.92 Å². The molecule has 1 rings (SSSR count). The average Bonchev–Trinajstić information content (AvgIpc) is 2.28. The van der Waals surface area contributed by atoms with Gasteiger partial charge in [-0.1, -0.05) is 45.7 Å². The van der Waals surface area contributed by atoms with Crippen LogP contribution in [0.5, 0.6) is 0 Å². The lowest BCUT2D eigenvalue weighted by Gasteiger charge is -2.23. The molecule has 0 radical (unpaired) electrons. The highest BCUT2D eigenvalue weighted by Gasteiger charge is 2.19. The quantitative estimate of drug-likeness (QED) is 0.768. The van der Waals surface area contributed by atoms with Gasteiger partial charge in [0.1, 0.15) is 0 Å². The molecule has 0 heterocycles. The Morgan fingerprint density at radius 1 is 0.941 bits per heavy atom. The Morgan fingerprint density at radius 2 is 1.35 bits per heavy atom. The van der Waals surface area contributed by atoms with Crippen LogP contribution >= 0.6 is 31.9 Å². The number of alkyl halides is 2. The molecule has 96 valence electrons. The number of hydrogen-bond donors (Lipinski definition) is 1. The molecule has 0 saturated heterocycles. The van der Waals surface area contributed by atoms with E-state index >= 15 is 0 Å².